The topological polar surface area (TPSA) is 59.8 Å². The van der Waals surface area contributed by atoms with Gasteiger partial charge in [0.25, 0.3) is 5.91 Å². The van der Waals surface area contributed by atoms with Crippen LogP contribution in [0.25, 0.3) is 5.82 Å². The maximum atomic E-state index is 12.1. The Kier molecular flexibility index (Phi) is 3.66. The number of hydrogen-bond acceptors (Lipinski definition) is 3. The molecule has 3 rings (SSSR count). The molecular weight excluding hydrogens is 288 g/mol. The zero-order valence-corrected chi connectivity index (χ0v) is 11.7. The average Bonchev–Trinajstić information content (AvgIpc) is 3.01. The van der Waals surface area contributed by atoms with Crippen molar-refractivity contribution in [2.75, 3.05) is 5.32 Å². The Bertz CT molecular complexity index is 754. The second-order valence-corrected chi connectivity index (χ2v) is 4.76. The molecule has 2 aromatic heterocycles. The SMILES string of the molecule is O=C(Nc1cccc(Cl)c1)c1ccc(-n2cccn2)nc1. The lowest BCUT2D eigenvalue weighted by Crippen LogP contribution is -2.12. The second-order valence-electron chi connectivity index (χ2n) is 4.32. The van der Waals surface area contributed by atoms with E-state index in [1.807, 2.05) is 0 Å². The molecule has 0 fully saturated rings. The van der Waals surface area contributed by atoms with Crippen LogP contribution < -0.4 is 5.32 Å². The van der Waals surface area contributed by atoms with E-state index in [9.17, 15) is 4.79 Å². The van der Waals surface area contributed by atoms with Crippen LogP contribution in [0.3, 0.4) is 0 Å². The summed E-state index contributed by atoms with van der Waals surface area (Å²) in [6.07, 6.45) is 4.96. The maximum Gasteiger partial charge on any atom is 0.257 e. The lowest BCUT2D eigenvalue weighted by atomic mass is 10.2. The van der Waals surface area contributed by atoms with Gasteiger partial charge in [0.15, 0.2) is 5.82 Å². The first-order valence-electron chi connectivity index (χ1n) is 6.25. The molecule has 6 heteroatoms. The van der Waals surface area contributed by atoms with Crippen molar-refractivity contribution in [3.63, 3.8) is 0 Å². The summed E-state index contributed by atoms with van der Waals surface area (Å²) in [7, 11) is 0. The Labute approximate surface area is 126 Å². The number of nitrogens with zero attached hydrogens (tertiary/aromatic N) is 3. The molecule has 0 radical (unpaired) electrons. The van der Waals surface area contributed by atoms with Crippen LogP contribution in [0.5, 0.6) is 0 Å². The Hall–Kier alpha value is -2.66. The molecular formula is C15H11ClN4O. The smallest absolute Gasteiger partial charge is 0.257 e. The third-order valence-electron chi connectivity index (χ3n) is 2.83. The summed E-state index contributed by atoms with van der Waals surface area (Å²) in [5.74, 6) is 0.413. The molecule has 0 aliphatic heterocycles. The summed E-state index contributed by atoms with van der Waals surface area (Å²) in [5, 5.41) is 7.41. The van der Waals surface area contributed by atoms with Crippen molar-refractivity contribution >= 4 is 23.2 Å². The number of amides is 1. The molecule has 0 atom stereocenters. The summed E-state index contributed by atoms with van der Waals surface area (Å²) in [6, 6.07) is 12.2. The third-order valence-corrected chi connectivity index (χ3v) is 3.07. The maximum absolute atomic E-state index is 12.1. The highest BCUT2D eigenvalue weighted by molar-refractivity contribution is 6.30. The van der Waals surface area contributed by atoms with Crippen molar-refractivity contribution < 1.29 is 4.79 Å². The van der Waals surface area contributed by atoms with Crippen molar-refractivity contribution in [1.29, 1.82) is 0 Å². The van der Waals surface area contributed by atoms with E-state index < -0.39 is 0 Å². The van der Waals surface area contributed by atoms with Gasteiger partial charge in [0.2, 0.25) is 0 Å². The normalized spacial score (nSPS) is 10.3. The predicted molar refractivity (Wildman–Crippen MR) is 80.8 cm³/mol. The van der Waals surface area contributed by atoms with Gasteiger partial charge in [0.1, 0.15) is 0 Å². The molecule has 0 spiro atoms. The molecule has 0 bridgehead atoms. The van der Waals surface area contributed by atoms with Crippen molar-refractivity contribution in [2.24, 2.45) is 0 Å². The minimum absolute atomic E-state index is 0.239. The molecule has 1 N–H and O–H groups in total. The number of anilines is 1. The number of carbonyl (C=O) groups is 1. The number of hydrogen-bond donors (Lipinski definition) is 1. The van der Waals surface area contributed by atoms with Gasteiger partial charge in [-0.1, -0.05) is 17.7 Å². The number of benzene rings is 1. The van der Waals surface area contributed by atoms with Gasteiger partial charge in [-0.15, -0.1) is 0 Å². The Morgan fingerprint density at radius 1 is 1.19 bits per heavy atom. The highest BCUT2D eigenvalue weighted by atomic mass is 35.5. The molecule has 21 heavy (non-hydrogen) atoms. The fourth-order valence-electron chi connectivity index (χ4n) is 1.83. The van der Waals surface area contributed by atoms with E-state index in [0.29, 0.717) is 22.1 Å². The molecule has 5 nitrogen and oxygen atoms in total. The van der Waals surface area contributed by atoms with E-state index in [0.717, 1.165) is 0 Å². The van der Waals surface area contributed by atoms with E-state index in [1.54, 1.807) is 59.5 Å². The van der Waals surface area contributed by atoms with Crippen LogP contribution in [0.2, 0.25) is 5.02 Å². The molecule has 2 heterocycles. The molecule has 3 aromatic rings. The third kappa shape index (κ3) is 3.09. The number of carbonyl (C=O) groups excluding carboxylic acids is 1. The highest BCUT2D eigenvalue weighted by Gasteiger charge is 2.07. The largest absolute Gasteiger partial charge is 0.322 e. The molecule has 0 aliphatic carbocycles. The molecule has 0 saturated carbocycles. The lowest BCUT2D eigenvalue weighted by Gasteiger charge is -2.06. The van der Waals surface area contributed by atoms with E-state index in [2.05, 4.69) is 15.4 Å². The minimum atomic E-state index is -0.239. The van der Waals surface area contributed by atoms with Gasteiger partial charge in [-0.05, 0) is 36.4 Å². The zero-order chi connectivity index (χ0) is 14.7. The van der Waals surface area contributed by atoms with Gasteiger partial charge in [-0.2, -0.15) is 5.10 Å². The summed E-state index contributed by atoms with van der Waals surface area (Å²) >= 11 is 5.88. The molecule has 0 aliphatic rings. The van der Waals surface area contributed by atoms with Crippen molar-refractivity contribution in [3.8, 4) is 5.82 Å². The number of aromatic nitrogens is 3. The lowest BCUT2D eigenvalue weighted by molar-refractivity contribution is 0.102. The Morgan fingerprint density at radius 2 is 2.10 bits per heavy atom. The van der Waals surface area contributed by atoms with Crippen LogP contribution in [-0.4, -0.2) is 20.7 Å². The number of pyridine rings is 1. The monoisotopic (exact) mass is 298 g/mol. The fraction of sp³-hybridized carbons (Fsp3) is 0. The minimum Gasteiger partial charge on any atom is -0.322 e. The van der Waals surface area contributed by atoms with Crippen molar-refractivity contribution in [2.45, 2.75) is 0 Å². The summed E-state index contributed by atoms with van der Waals surface area (Å²) in [5.41, 5.74) is 1.11. The van der Waals surface area contributed by atoms with Crippen LogP contribution in [0, 0.1) is 0 Å². The molecule has 0 unspecified atom stereocenters. The number of rotatable bonds is 3. The van der Waals surface area contributed by atoms with Gasteiger partial charge >= 0.3 is 0 Å². The first-order valence-corrected chi connectivity index (χ1v) is 6.63. The van der Waals surface area contributed by atoms with Crippen molar-refractivity contribution in [1.82, 2.24) is 14.8 Å². The molecule has 0 saturated heterocycles. The second kappa shape index (κ2) is 5.76. The van der Waals surface area contributed by atoms with Crippen LogP contribution in [0.4, 0.5) is 5.69 Å². The standard InChI is InChI=1S/C15H11ClN4O/c16-12-3-1-4-13(9-12)19-15(21)11-5-6-14(17-10-11)20-8-2-7-18-20/h1-10H,(H,19,21). The first-order chi connectivity index (χ1) is 10.2. The van der Waals surface area contributed by atoms with Gasteiger partial charge in [0.05, 0.1) is 5.56 Å². The fourth-order valence-corrected chi connectivity index (χ4v) is 2.02. The summed E-state index contributed by atoms with van der Waals surface area (Å²) in [4.78, 5) is 16.3. The number of halogens is 1. The van der Waals surface area contributed by atoms with Crippen LogP contribution in [-0.2, 0) is 0 Å². The molecule has 1 aromatic carbocycles. The van der Waals surface area contributed by atoms with Gasteiger partial charge in [-0.25, -0.2) is 9.67 Å². The Morgan fingerprint density at radius 3 is 2.76 bits per heavy atom. The van der Waals surface area contributed by atoms with Crippen LogP contribution in [0.1, 0.15) is 10.4 Å². The first kappa shape index (κ1) is 13.3. The van der Waals surface area contributed by atoms with Gasteiger partial charge < -0.3 is 5.32 Å². The molecule has 104 valence electrons. The van der Waals surface area contributed by atoms with Gasteiger partial charge in [-0.3, -0.25) is 4.79 Å². The quantitative estimate of drug-likeness (QED) is 0.808. The summed E-state index contributed by atoms with van der Waals surface area (Å²) < 4.78 is 1.62. The predicted octanol–water partition coefficient (Wildman–Crippen LogP) is 3.17. The van der Waals surface area contributed by atoms with E-state index >= 15 is 0 Å². The molecule has 1 amide bonds. The van der Waals surface area contributed by atoms with Gasteiger partial charge in [0, 0.05) is 29.3 Å². The average molecular weight is 299 g/mol. The van der Waals surface area contributed by atoms with E-state index in [4.69, 9.17) is 11.6 Å². The van der Waals surface area contributed by atoms with Crippen LogP contribution in [0.15, 0.2) is 61.1 Å². The zero-order valence-electron chi connectivity index (χ0n) is 10.9. The van der Waals surface area contributed by atoms with E-state index in [-0.39, 0.29) is 5.91 Å². The van der Waals surface area contributed by atoms with E-state index in [1.165, 1.54) is 6.20 Å². The number of nitrogens with one attached hydrogen (secondary N) is 1. The highest BCUT2D eigenvalue weighted by Crippen LogP contribution is 2.16. The van der Waals surface area contributed by atoms with Crippen molar-refractivity contribution in [3.05, 3.63) is 71.6 Å². The summed E-state index contributed by atoms with van der Waals surface area (Å²) in [6.45, 7) is 0. The van der Waals surface area contributed by atoms with Crippen LogP contribution >= 0.6 is 11.6 Å². The Balaban J connectivity index is 1.76.